The van der Waals surface area contributed by atoms with Gasteiger partial charge in [-0.15, -0.1) is 0 Å². The highest BCUT2D eigenvalue weighted by atomic mass is 16.4. The molecule has 0 spiro atoms. The van der Waals surface area contributed by atoms with Crippen molar-refractivity contribution in [1.29, 1.82) is 0 Å². The first kappa shape index (κ1) is 15.2. The molecule has 0 aliphatic carbocycles. The molecule has 0 saturated heterocycles. The quantitative estimate of drug-likeness (QED) is 0.256. The first-order valence-electron chi connectivity index (χ1n) is 6.41. The molecule has 0 amide bonds. The SMILES string of the molecule is O=c1cc(-c2cc(O)c(O)c(O)c2)oc2c(O)c(O)c(O)c(O)c12. The van der Waals surface area contributed by atoms with E-state index in [1.807, 2.05) is 0 Å². The maximum atomic E-state index is 12.1. The molecule has 0 radical (unpaired) electrons. The maximum absolute atomic E-state index is 12.1. The third-order valence-electron chi connectivity index (χ3n) is 3.43. The van der Waals surface area contributed by atoms with E-state index < -0.39 is 56.6 Å². The van der Waals surface area contributed by atoms with Gasteiger partial charge >= 0.3 is 0 Å². The Morgan fingerprint density at radius 1 is 0.667 bits per heavy atom. The van der Waals surface area contributed by atoms with E-state index in [2.05, 4.69) is 0 Å². The minimum atomic E-state index is -1.09. The van der Waals surface area contributed by atoms with Crippen LogP contribution in [-0.2, 0) is 0 Å². The number of hydrogen-bond acceptors (Lipinski definition) is 9. The summed E-state index contributed by atoms with van der Waals surface area (Å²) in [7, 11) is 0. The average Bonchev–Trinajstić information content (AvgIpc) is 2.54. The van der Waals surface area contributed by atoms with Crippen molar-refractivity contribution < 1.29 is 40.2 Å². The monoisotopic (exact) mass is 334 g/mol. The fourth-order valence-electron chi connectivity index (χ4n) is 2.22. The van der Waals surface area contributed by atoms with Gasteiger partial charge in [0.2, 0.25) is 17.2 Å². The van der Waals surface area contributed by atoms with Gasteiger partial charge in [-0.1, -0.05) is 0 Å². The summed E-state index contributed by atoms with van der Waals surface area (Å²) in [5.41, 5.74) is -1.52. The van der Waals surface area contributed by atoms with Crippen LogP contribution in [0.1, 0.15) is 0 Å². The van der Waals surface area contributed by atoms with Crippen LogP contribution in [0.2, 0.25) is 0 Å². The summed E-state index contributed by atoms with van der Waals surface area (Å²) in [6, 6.07) is 2.83. The van der Waals surface area contributed by atoms with Crippen LogP contribution in [0.15, 0.2) is 27.4 Å². The number of hydrogen-bond donors (Lipinski definition) is 7. The Kier molecular flexibility index (Phi) is 3.08. The number of phenols is 7. The van der Waals surface area contributed by atoms with Crippen molar-refractivity contribution in [1.82, 2.24) is 0 Å². The van der Waals surface area contributed by atoms with E-state index in [4.69, 9.17) is 4.42 Å². The second kappa shape index (κ2) is 4.88. The molecule has 9 heteroatoms. The molecule has 24 heavy (non-hydrogen) atoms. The molecule has 2 aromatic carbocycles. The van der Waals surface area contributed by atoms with Crippen LogP contribution in [0.5, 0.6) is 40.2 Å². The van der Waals surface area contributed by atoms with Gasteiger partial charge in [0.15, 0.2) is 34.0 Å². The number of benzene rings is 2. The van der Waals surface area contributed by atoms with Crippen molar-refractivity contribution in [3.8, 4) is 51.6 Å². The molecule has 9 nitrogen and oxygen atoms in total. The third-order valence-corrected chi connectivity index (χ3v) is 3.43. The zero-order chi connectivity index (χ0) is 17.8. The Balaban J connectivity index is 2.39. The summed E-state index contributed by atoms with van der Waals surface area (Å²) < 4.78 is 5.24. The second-order valence-corrected chi connectivity index (χ2v) is 4.94. The van der Waals surface area contributed by atoms with Crippen LogP contribution in [-0.4, -0.2) is 35.7 Å². The van der Waals surface area contributed by atoms with Crippen LogP contribution in [0.25, 0.3) is 22.3 Å². The summed E-state index contributed by atoms with van der Waals surface area (Å²) in [6.45, 7) is 0. The van der Waals surface area contributed by atoms with Crippen molar-refractivity contribution in [2.75, 3.05) is 0 Å². The highest BCUT2D eigenvalue weighted by molar-refractivity contribution is 5.94. The van der Waals surface area contributed by atoms with Gasteiger partial charge in [-0.05, 0) is 12.1 Å². The normalized spacial score (nSPS) is 11.0. The van der Waals surface area contributed by atoms with Crippen LogP contribution >= 0.6 is 0 Å². The van der Waals surface area contributed by atoms with Crippen LogP contribution in [0.4, 0.5) is 0 Å². The van der Waals surface area contributed by atoms with Gasteiger partial charge in [0.25, 0.3) is 0 Å². The lowest BCUT2D eigenvalue weighted by molar-refractivity contribution is 0.346. The first-order chi connectivity index (χ1) is 11.2. The van der Waals surface area contributed by atoms with E-state index in [-0.39, 0.29) is 11.3 Å². The molecule has 124 valence electrons. The van der Waals surface area contributed by atoms with Gasteiger partial charge in [-0.25, -0.2) is 0 Å². The second-order valence-electron chi connectivity index (χ2n) is 4.94. The van der Waals surface area contributed by atoms with E-state index in [9.17, 15) is 40.5 Å². The molecule has 3 aromatic rings. The smallest absolute Gasteiger partial charge is 0.208 e. The summed E-state index contributed by atoms with van der Waals surface area (Å²) in [6.07, 6.45) is 0. The number of phenolic OH excluding ortho intramolecular Hbond substituents is 7. The standard InChI is InChI=1S/C15H10O9/c16-5-3-8(4-1-6(17)10(19)7(18)2-4)24-15-9(5)11(20)12(21)13(22)14(15)23/h1-3,17-23H. The van der Waals surface area contributed by atoms with Crippen LogP contribution in [0.3, 0.4) is 0 Å². The Bertz CT molecular complexity index is 1030. The molecule has 0 unspecified atom stereocenters. The van der Waals surface area contributed by atoms with Gasteiger partial charge in [-0.3, -0.25) is 4.79 Å². The molecule has 7 N–H and O–H groups in total. The number of aromatic hydroxyl groups is 7. The lowest BCUT2D eigenvalue weighted by Crippen LogP contribution is -2.01. The summed E-state index contributed by atoms with van der Waals surface area (Å²) >= 11 is 0. The molecule has 0 aliphatic heterocycles. The van der Waals surface area contributed by atoms with E-state index in [0.717, 1.165) is 18.2 Å². The Hall–Kier alpha value is -3.75. The lowest BCUT2D eigenvalue weighted by Gasteiger charge is -2.10. The van der Waals surface area contributed by atoms with Gasteiger partial charge in [0.05, 0.1) is 0 Å². The molecule has 0 bridgehead atoms. The summed E-state index contributed by atoms with van der Waals surface area (Å²) in [4.78, 5) is 12.1. The molecular formula is C15H10O9. The summed E-state index contributed by atoms with van der Waals surface area (Å²) in [5, 5.41) is 66.3. The summed E-state index contributed by atoms with van der Waals surface area (Å²) in [5.74, 6) is -6.52. The highest BCUT2D eigenvalue weighted by Gasteiger charge is 2.23. The minimum Gasteiger partial charge on any atom is -0.504 e. The van der Waals surface area contributed by atoms with Crippen LogP contribution < -0.4 is 5.43 Å². The van der Waals surface area contributed by atoms with E-state index in [0.29, 0.717) is 0 Å². The zero-order valence-electron chi connectivity index (χ0n) is 11.7. The first-order valence-corrected chi connectivity index (χ1v) is 6.41. The molecule has 1 heterocycles. The molecule has 0 saturated carbocycles. The minimum absolute atomic E-state index is 0.0340. The van der Waals surface area contributed by atoms with Crippen molar-refractivity contribution in [3.05, 3.63) is 28.4 Å². The van der Waals surface area contributed by atoms with Crippen molar-refractivity contribution >= 4 is 11.0 Å². The van der Waals surface area contributed by atoms with E-state index >= 15 is 0 Å². The van der Waals surface area contributed by atoms with Gasteiger partial charge < -0.3 is 40.2 Å². The molecule has 3 rings (SSSR count). The molecule has 0 atom stereocenters. The molecule has 0 aliphatic rings. The van der Waals surface area contributed by atoms with Crippen molar-refractivity contribution in [2.45, 2.75) is 0 Å². The molecular weight excluding hydrogens is 324 g/mol. The van der Waals surface area contributed by atoms with E-state index in [1.165, 1.54) is 0 Å². The third kappa shape index (κ3) is 1.99. The van der Waals surface area contributed by atoms with Crippen LogP contribution in [0, 0.1) is 0 Å². The van der Waals surface area contributed by atoms with Crippen molar-refractivity contribution in [2.24, 2.45) is 0 Å². The maximum Gasteiger partial charge on any atom is 0.208 e. The highest BCUT2D eigenvalue weighted by Crippen LogP contribution is 2.48. The largest absolute Gasteiger partial charge is 0.504 e. The number of rotatable bonds is 1. The van der Waals surface area contributed by atoms with Crippen molar-refractivity contribution in [3.63, 3.8) is 0 Å². The van der Waals surface area contributed by atoms with Gasteiger partial charge in [0.1, 0.15) is 11.1 Å². The number of fused-ring (bicyclic) bond motifs is 1. The van der Waals surface area contributed by atoms with Gasteiger partial charge in [-0.2, -0.15) is 0 Å². The Morgan fingerprint density at radius 2 is 1.21 bits per heavy atom. The molecule has 1 aromatic heterocycles. The predicted octanol–water partition coefficient (Wildman–Crippen LogP) is 1.40. The zero-order valence-corrected chi connectivity index (χ0v) is 11.7. The average molecular weight is 334 g/mol. The predicted molar refractivity (Wildman–Crippen MR) is 79.6 cm³/mol. The molecule has 0 fully saturated rings. The lowest BCUT2D eigenvalue weighted by atomic mass is 10.1. The van der Waals surface area contributed by atoms with Gasteiger partial charge in [0, 0.05) is 11.6 Å². The van der Waals surface area contributed by atoms with E-state index in [1.54, 1.807) is 0 Å². The fourth-order valence-corrected chi connectivity index (χ4v) is 2.22. The topological polar surface area (TPSA) is 172 Å². The fraction of sp³-hybridized carbons (Fsp3) is 0. The Morgan fingerprint density at radius 3 is 1.79 bits per heavy atom. The Labute approximate surface area is 132 Å².